The van der Waals surface area contributed by atoms with Crippen molar-refractivity contribution in [3.8, 4) is 0 Å². The highest BCUT2D eigenvalue weighted by atomic mass is 16.4. The predicted molar refractivity (Wildman–Crippen MR) is 76.7 cm³/mol. The smallest absolute Gasteiger partial charge is 0.336 e. The summed E-state index contributed by atoms with van der Waals surface area (Å²) in [6, 6.07) is 12.2. The number of nitrogens with zero attached hydrogens (tertiary/aromatic N) is 1. The van der Waals surface area contributed by atoms with Gasteiger partial charge < -0.3 is 10.3 Å². The number of aromatic carboxylic acids is 1. The number of hydrogen-bond donors (Lipinski definition) is 2. The van der Waals surface area contributed by atoms with Crippen molar-refractivity contribution in [3.05, 3.63) is 70.3 Å². The van der Waals surface area contributed by atoms with E-state index in [-0.39, 0.29) is 11.3 Å². The third-order valence-electron chi connectivity index (χ3n) is 3.16. The van der Waals surface area contributed by atoms with E-state index in [2.05, 4.69) is 5.16 Å². The molecule has 0 saturated carbocycles. The number of carboxylic acid groups (broad SMARTS) is 1. The van der Waals surface area contributed by atoms with Crippen molar-refractivity contribution < 1.29 is 15.1 Å². The van der Waals surface area contributed by atoms with Gasteiger partial charge in [0, 0.05) is 11.1 Å². The largest absolute Gasteiger partial charge is 0.478 e. The number of oxime groups is 1. The van der Waals surface area contributed by atoms with E-state index < -0.39 is 5.97 Å². The number of benzene rings is 2. The van der Waals surface area contributed by atoms with Crippen LogP contribution in [0.15, 0.2) is 47.6 Å². The summed E-state index contributed by atoms with van der Waals surface area (Å²) in [5, 5.41) is 21.9. The van der Waals surface area contributed by atoms with Crippen LogP contribution in [0.5, 0.6) is 0 Å². The molecule has 2 aromatic rings. The van der Waals surface area contributed by atoms with E-state index in [0.717, 1.165) is 16.7 Å². The van der Waals surface area contributed by atoms with E-state index in [0.29, 0.717) is 5.56 Å². The first-order valence-electron chi connectivity index (χ1n) is 6.17. The lowest BCUT2D eigenvalue weighted by Gasteiger charge is -2.11. The van der Waals surface area contributed by atoms with Crippen LogP contribution in [0.1, 0.15) is 32.6 Å². The molecule has 0 aromatic heterocycles. The molecule has 0 aliphatic carbocycles. The minimum Gasteiger partial charge on any atom is -0.478 e. The maximum Gasteiger partial charge on any atom is 0.336 e. The van der Waals surface area contributed by atoms with Crippen molar-refractivity contribution in [2.24, 2.45) is 5.16 Å². The van der Waals surface area contributed by atoms with Gasteiger partial charge in [-0.3, -0.25) is 0 Å². The monoisotopic (exact) mass is 269 g/mol. The Labute approximate surface area is 117 Å². The van der Waals surface area contributed by atoms with Gasteiger partial charge in [-0.1, -0.05) is 41.1 Å². The van der Waals surface area contributed by atoms with E-state index in [1.165, 1.54) is 6.07 Å². The van der Waals surface area contributed by atoms with Gasteiger partial charge in [-0.2, -0.15) is 0 Å². The molecule has 2 rings (SSSR count). The Morgan fingerprint density at radius 2 is 1.65 bits per heavy atom. The molecule has 4 heteroatoms. The first kappa shape index (κ1) is 13.8. The van der Waals surface area contributed by atoms with E-state index in [1.807, 2.05) is 32.0 Å². The Balaban J connectivity index is 2.66. The summed E-state index contributed by atoms with van der Waals surface area (Å²) in [6.07, 6.45) is 0. The molecule has 0 amide bonds. The maximum absolute atomic E-state index is 11.3. The summed E-state index contributed by atoms with van der Waals surface area (Å²) in [7, 11) is 0. The fourth-order valence-electron chi connectivity index (χ4n) is 2.12. The van der Waals surface area contributed by atoms with E-state index in [9.17, 15) is 15.1 Å². The minimum atomic E-state index is -1.05. The predicted octanol–water partition coefficient (Wildman–Crippen LogP) is 3.23. The summed E-state index contributed by atoms with van der Waals surface area (Å²) in [5.74, 6) is -1.05. The highest BCUT2D eigenvalue weighted by Gasteiger charge is 2.17. The summed E-state index contributed by atoms with van der Waals surface area (Å²) in [4.78, 5) is 11.3. The summed E-state index contributed by atoms with van der Waals surface area (Å²) >= 11 is 0. The van der Waals surface area contributed by atoms with Crippen LogP contribution in [-0.2, 0) is 0 Å². The normalized spacial score (nSPS) is 11.4. The second-order valence-corrected chi connectivity index (χ2v) is 4.62. The lowest BCUT2D eigenvalue weighted by Crippen LogP contribution is -2.12. The van der Waals surface area contributed by atoms with Crippen molar-refractivity contribution >= 4 is 11.7 Å². The number of carboxylic acids is 1. The Hall–Kier alpha value is -2.62. The molecular weight excluding hydrogens is 254 g/mol. The van der Waals surface area contributed by atoms with Gasteiger partial charge in [0.2, 0.25) is 0 Å². The summed E-state index contributed by atoms with van der Waals surface area (Å²) < 4.78 is 0. The molecule has 20 heavy (non-hydrogen) atoms. The molecule has 0 saturated heterocycles. The molecule has 0 spiro atoms. The Morgan fingerprint density at radius 3 is 2.25 bits per heavy atom. The van der Waals surface area contributed by atoms with Crippen LogP contribution in [0.2, 0.25) is 0 Å². The van der Waals surface area contributed by atoms with Crippen LogP contribution in [0.4, 0.5) is 0 Å². The molecule has 0 heterocycles. The zero-order chi connectivity index (χ0) is 14.7. The minimum absolute atomic E-state index is 0.112. The van der Waals surface area contributed by atoms with Crippen LogP contribution >= 0.6 is 0 Å². The van der Waals surface area contributed by atoms with Crippen LogP contribution in [0.25, 0.3) is 0 Å². The lowest BCUT2D eigenvalue weighted by atomic mass is 9.93. The first-order chi connectivity index (χ1) is 9.54. The SMILES string of the molecule is Cc1ccc(C)c(/C(=N/O)c2ccccc2C(=O)O)c1. The molecule has 0 fully saturated rings. The third kappa shape index (κ3) is 2.54. The van der Waals surface area contributed by atoms with Crippen LogP contribution < -0.4 is 0 Å². The van der Waals surface area contributed by atoms with Crippen LogP contribution in [0, 0.1) is 13.8 Å². The van der Waals surface area contributed by atoms with Gasteiger partial charge in [-0.25, -0.2) is 4.79 Å². The van der Waals surface area contributed by atoms with Gasteiger partial charge in [0.15, 0.2) is 0 Å². The number of hydrogen-bond acceptors (Lipinski definition) is 3. The topological polar surface area (TPSA) is 69.9 Å². The number of aryl methyl sites for hydroxylation is 2. The molecule has 0 aliphatic rings. The molecule has 0 aliphatic heterocycles. The molecule has 0 radical (unpaired) electrons. The zero-order valence-corrected chi connectivity index (χ0v) is 11.3. The Kier molecular flexibility index (Phi) is 3.84. The van der Waals surface area contributed by atoms with E-state index >= 15 is 0 Å². The van der Waals surface area contributed by atoms with Crippen molar-refractivity contribution in [2.75, 3.05) is 0 Å². The number of rotatable bonds is 3. The summed E-state index contributed by atoms with van der Waals surface area (Å²) in [6.45, 7) is 3.82. The molecule has 0 atom stereocenters. The molecule has 0 bridgehead atoms. The third-order valence-corrected chi connectivity index (χ3v) is 3.16. The molecular formula is C16H15NO3. The van der Waals surface area contributed by atoms with Crippen molar-refractivity contribution in [1.82, 2.24) is 0 Å². The van der Waals surface area contributed by atoms with Gasteiger partial charge in [-0.15, -0.1) is 0 Å². The van der Waals surface area contributed by atoms with Crippen molar-refractivity contribution in [2.45, 2.75) is 13.8 Å². The molecule has 2 N–H and O–H groups in total. The van der Waals surface area contributed by atoms with Gasteiger partial charge in [0.25, 0.3) is 0 Å². The first-order valence-corrected chi connectivity index (χ1v) is 6.17. The van der Waals surface area contributed by atoms with Gasteiger partial charge in [-0.05, 0) is 31.5 Å². The van der Waals surface area contributed by atoms with E-state index in [1.54, 1.807) is 18.2 Å². The van der Waals surface area contributed by atoms with Crippen molar-refractivity contribution in [1.29, 1.82) is 0 Å². The van der Waals surface area contributed by atoms with Gasteiger partial charge in [0.1, 0.15) is 5.71 Å². The lowest BCUT2D eigenvalue weighted by molar-refractivity contribution is 0.0696. The average Bonchev–Trinajstić information content (AvgIpc) is 2.44. The second kappa shape index (κ2) is 5.57. The highest BCUT2D eigenvalue weighted by Crippen LogP contribution is 2.19. The second-order valence-electron chi connectivity index (χ2n) is 4.62. The number of carbonyl (C=O) groups is 1. The Bertz CT molecular complexity index is 690. The van der Waals surface area contributed by atoms with E-state index in [4.69, 9.17) is 0 Å². The zero-order valence-electron chi connectivity index (χ0n) is 11.3. The fraction of sp³-hybridized carbons (Fsp3) is 0.125. The molecule has 2 aromatic carbocycles. The maximum atomic E-state index is 11.3. The standard InChI is InChI=1S/C16H15NO3/c1-10-7-8-11(2)14(9-10)15(17-20)12-5-3-4-6-13(12)16(18)19/h3-9,20H,1-2H3,(H,18,19)/b17-15+. The molecule has 0 unspecified atom stereocenters. The van der Waals surface area contributed by atoms with Crippen LogP contribution in [0.3, 0.4) is 0 Å². The summed E-state index contributed by atoms with van der Waals surface area (Å²) in [5.41, 5.74) is 3.44. The van der Waals surface area contributed by atoms with Crippen molar-refractivity contribution in [3.63, 3.8) is 0 Å². The van der Waals surface area contributed by atoms with Gasteiger partial charge >= 0.3 is 5.97 Å². The highest BCUT2D eigenvalue weighted by molar-refractivity contribution is 6.17. The molecule has 102 valence electrons. The quantitative estimate of drug-likeness (QED) is 0.510. The fourth-order valence-corrected chi connectivity index (χ4v) is 2.12. The molecule has 4 nitrogen and oxygen atoms in total. The average molecular weight is 269 g/mol. The van der Waals surface area contributed by atoms with Crippen LogP contribution in [-0.4, -0.2) is 22.0 Å². The Morgan fingerprint density at radius 1 is 1.00 bits per heavy atom. The van der Waals surface area contributed by atoms with Gasteiger partial charge in [0.05, 0.1) is 5.56 Å².